The van der Waals surface area contributed by atoms with Crippen molar-refractivity contribution in [1.82, 2.24) is 20.2 Å². The first-order chi connectivity index (χ1) is 23.1. The van der Waals surface area contributed by atoms with Crippen LogP contribution in [0.4, 0.5) is 28.8 Å². The van der Waals surface area contributed by atoms with Gasteiger partial charge in [0.2, 0.25) is 17.8 Å². The SMILES string of the molecule is COc1cc(N2CCN(Cc3ccc(C4CCC(=O)NC4=O)cc3)CC2)ccc1Nc1ncc(Cl)c(Nc2ccccc2P(C)(C)=O)n1. The van der Waals surface area contributed by atoms with Crippen molar-refractivity contribution in [2.75, 3.05) is 62.2 Å². The Morgan fingerprint density at radius 3 is 2.44 bits per heavy atom. The predicted molar refractivity (Wildman–Crippen MR) is 191 cm³/mol. The van der Waals surface area contributed by atoms with Gasteiger partial charge < -0.3 is 24.8 Å². The van der Waals surface area contributed by atoms with Crippen molar-refractivity contribution in [3.05, 3.63) is 89.1 Å². The molecule has 11 nitrogen and oxygen atoms in total. The molecule has 0 bridgehead atoms. The van der Waals surface area contributed by atoms with Gasteiger partial charge in [-0.25, -0.2) is 4.98 Å². The molecule has 250 valence electrons. The summed E-state index contributed by atoms with van der Waals surface area (Å²) in [5.74, 6) is 0.718. The zero-order chi connectivity index (χ0) is 33.8. The second-order valence-electron chi connectivity index (χ2n) is 12.4. The van der Waals surface area contributed by atoms with Gasteiger partial charge in [-0.3, -0.25) is 19.8 Å². The monoisotopic (exact) mass is 687 g/mol. The van der Waals surface area contributed by atoms with Crippen molar-refractivity contribution < 1.29 is 18.9 Å². The molecule has 0 spiro atoms. The van der Waals surface area contributed by atoms with Gasteiger partial charge in [0.1, 0.15) is 17.9 Å². The number of piperazine rings is 1. The topological polar surface area (TPSA) is 129 Å². The number of amides is 2. The van der Waals surface area contributed by atoms with Gasteiger partial charge in [-0.15, -0.1) is 0 Å². The van der Waals surface area contributed by atoms with Crippen molar-refractivity contribution in [3.8, 4) is 5.75 Å². The molecule has 1 unspecified atom stereocenters. The lowest BCUT2D eigenvalue weighted by molar-refractivity contribution is -0.134. The molecule has 13 heteroatoms. The Bertz CT molecular complexity index is 1860. The van der Waals surface area contributed by atoms with Crippen molar-refractivity contribution in [1.29, 1.82) is 0 Å². The highest BCUT2D eigenvalue weighted by atomic mass is 35.5. The number of ether oxygens (including phenoxy) is 1. The first-order valence-corrected chi connectivity index (χ1v) is 18.8. The summed E-state index contributed by atoms with van der Waals surface area (Å²) in [7, 11) is -0.905. The fourth-order valence-corrected chi connectivity index (χ4v) is 7.38. The molecule has 2 saturated heterocycles. The maximum absolute atomic E-state index is 12.8. The van der Waals surface area contributed by atoms with E-state index in [0.29, 0.717) is 52.1 Å². The van der Waals surface area contributed by atoms with Crippen LogP contribution in [-0.4, -0.2) is 73.3 Å². The van der Waals surface area contributed by atoms with E-state index >= 15 is 0 Å². The maximum atomic E-state index is 12.8. The van der Waals surface area contributed by atoms with E-state index in [0.717, 1.165) is 44.0 Å². The first kappa shape index (κ1) is 33.5. The summed E-state index contributed by atoms with van der Waals surface area (Å²) in [5, 5.41) is 9.97. The normalized spacial score (nSPS) is 17.2. The van der Waals surface area contributed by atoms with Crippen LogP contribution >= 0.6 is 18.7 Å². The highest BCUT2D eigenvalue weighted by molar-refractivity contribution is 7.70. The van der Waals surface area contributed by atoms with Crippen LogP contribution in [0, 0.1) is 0 Å². The summed E-state index contributed by atoms with van der Waals surface area (Å²) >= 11 is 6.44. The van der Waals surface area contributed by atoms with Gasteiger partial charge in [-0.05, 0) is 55.1 Å². The third-order valence-electron chi connectivity index (χ3n) is 8.68. The van der Waals surface area contributed by atoms with Gasteiger partial charge in [-0.2, -0.15) is 4.98 Å². The third-order valence-corrected chi connectivity index (χ3v) is 10.5. The number of carbonyl (C=O) groups excluding carboxylic acids is 2. The molecular weight excluding hydrogens is 649 g/mol. The van der Waals surface area contributed by atoms with Crippen LogP contribution in [0.15, 0.2) is 72.9 Å². The molecule has 1 aromatic heterocycles. The minimum Gasteiger partial charge on any atom is -0.494 e. The number of carbonyl (C=O) groups is 2. The molecule has 3 heterocycles. The Balaban J connectivity index is 1.07. The second kappa shape index (κ2) is 14.4. The molecular formula is C35H39ClN7O4P. The van der Waals surface area contributed by atoms with Crippen molar-refractivity contribution in [2.24, 2.45) is 0 Å². The van der Waals surface area contributed by atoms with E-state index in [2.05, 4.69) is 53.9 Å². The molecule has 0 saturated carbocycles. The molecule has 2 aliphatic rings. The molecule has 3 aromatic carbocycles. The lowest BCUT2D eigenvalue weighted by atomic mass is 9.90. The van der Waals surface area contributed by atoms with Gasteiger partial charge in [0.05, 0.1) is 30.6 Å². The fourth-order valence-electron chi connectivity index (χ4n) is 6.08. The van der Waals surface area contributed by atoms with Crippen molar-refractivity contribution in [3.63, 3.8) is 0 Å². The van der Waals surface area contributed by atoms with Crippen LogP contribution < -0.4 is 30.9 Å². The Labute approximate surface area is 285 Å². The second-order valence-corrected chi connectivity index (χ2v) is 16.0. The Kier molecular flexibility index (Phi) is 10.0. The van der Waals surface area contributed by atoms with Crippen LogP contribution in [0.5, 0.6) is 5.75 Å². The van der Waals surface area contributed by atoms with Gasteiger partial charge in [0, 0.05) is 56.2 Å². The minimum absolute atomic E-state index is 0.195. The quantitative estimate of drug-likeness (QED) is 0.141. The predicted octanol–water partition coefficient (Wildman–Crippen LogP) is 5.72. The smallest absolute Gasteiger partial charge is 0.234 e. The van der Waals surface area contributed by atoms with Crippen LogP contribution in [0.3, 0.4) is 0 Å². The molecule has 2 fully saturated rings. The summed E-state index contributed by atoms with van der Waals surface area (Å²) in [5.41, 5.74) is 4.60. The summed E-state index contributed by atoms with van der Waals surface area (Å²) in [4.78, 5) is 37.4. The number of hydrogen-bond acceptors (Lipinski definition) is 10. The van der Waals surface area contributed by atoms with Gasteiger partial charge in [-0.1, -0.05) is 48.0 Å². The number of nitrogens with one attached hydrogen (secondary N) is 3. The standard InChI is InChI=1S/C35H39ClN7O4P/c1-47-30-20-25(43-18-16-42(17-19-43)22-23-8-10-24(11-9-23)26-13-15-32(44)40-34(26)45)12-14-28(30)39-35-37-21-27(36)33(41-35)38-29-6-4-5-7-31(29)48(2,3)46/h4-12,14,20-21,26H,13,15-19,22H2,1-3H3,(H,40,44,45)(H2,37,38,39,41). The summed E-state index contributed by atoms with van der Waals surface area (Å²) in [6.45, 7) is 7.82. The number of methoxy groups -OCH3 is 1. The molecule has 1 atom stereocenters. The van der Waals surface area contributed by atoms with Crippen LogP contribution in [0.25, 0.3) is 0 Å². The van der Waals surface area contributed by atoms with Crippen LogP contribution in [0.1, 0.15) is 29.9 Å². The maximum Gasteiger partial charge on any atom is 0.234 e. The van der Waals surface area contributed by atoms with Crippen LogP contribution in [-0.2, 0) is 20.7 Å². The van der Waals surface area contributed by atoms with E-state index in [4.69, 9.17) is 16.3 Å². The van der Waals surface area contributed by atoms with Crippen LogP contribution in [0.2, 0.25) is 5.02 Å². The number of benzene rings is 3. The number of para-hydroxylation sites is 1. The third kappa shape index (κ3) is 7.81. The van der Waals surface area contributed by atoms with Gasteiger partial charge in [0.15, 0.2) is 5.82 Å². The van der Waals surface area contributed by atoms with E-state index in [1.807, 2.05) is 48.5 Å². The molecule has 2 aliphatic heterocycles. The molecule has 2 amide bonds. The fraction of sp³-hybridized carbons (Fsp3) is 0.314. The molecule has 48 heavy (non-hydrogen) atoms. The van der Waals surface area contributed by atoms with E-state index in [-0.39, 0.29) is 17.7 Å². The average Bonchev–Trinajstić information content (AvgIpc) is 3.07. The number of piperidine rings is 1. The zero-order valence-electron chi connectivity index (χ0n) is 27.2. The lowest BCUT2D eigenvalue weighted by Crippen LogP contribution is -2.46. The van der Waals surface area contributed by atoms with Crippen molar-refractivity contribution >= 4 is 64.7 Å². The Morgan fingerprint density at radius 2 is 1.73 bits per heavy atom. The van der Waals surface area contributed by atoms with E-state index < -0.39 is 7.14 Å². The molecule has 0 radical (unpaired) electrons. The minimum atomic E-state index is -2.54. The number of anilines is 5. The van der Waals surface area contributed by atoms with Crippen molar-refractivity contribution in [2.45, 2.75) is 25.3 Å². The number of aromatic nitrogens is 2. The summed E-state index contributed by atoms with van der Waals surface area (Å²) < 4.78 is 18.6. The van der Waals surface area contributed by atoms with Gasteiger partial charge in [0.25, 0.3) is 0 Å². The summed E-state index contributed by atoms with van der Waals surface area (Å²) in [6, 6.07) is 21.6. The largest absolute Gasteiger partial charge is 0.494 e. The molecule has 0 aliphatic carbocycles. The molecule has 6 rings (SSSR count). The number of rotatable bonds is 10. The molecule has 4 aromatic rings. The number of halogens is 1. The first-order valence-electron chi connectivity index (χ1n) is 15.9. The summed E-state index contributed by atoms with van der Waals surface area (Å²) in [6.07, 6.45) is 2.45. The Morgan fingerprint density at radius 1 is 0.979 bits per heavy atom. The van der Waals surface area contributed by atoms with E-state index in [9.17, 15) is 14.2 Å². The highest BCUT2D eigenvalue weighted by Gasteiger charge is 2.28. The average molecular weight is 688 g/mol. The Hall–Kier alpha value is -4.44. The number of imide groups is 1. The molecule has 3 N–H and O–H groups in total. The number of hydrogen-bond donors (Lipinski definition) is 3. The zero-order valence-corrected chi connectivity index (χ0v) is 28.9. The highest BCUT2D eigenvalue weighted by Crippen LogP contribution is 2.39. The van der Waals surface area contributed by atoms with E-state index in [1.54, 1.807) is 20.4 Å². The van der Waals surface area contributed by atoms with Gasteiger partial charge >= 0.3 is 0 Å². The van der Waals surface area contributed by atoms with E-state index in [1.165, 1.54) is 11.8 Å². The number of nitrogens with zero attached hydrogens (tertiary/aromatic N) is 4. The lowest BCUT2D eigenvalue weighted by Gasteiger charge is -2.36.